The van der Waals surface area contributed by atoms with Gasteiger partial charge in [-0.15, -0.1) is 5.10 Å². The average molecular weight is 484 g/mol. The van der Waals surface area contributed by atoms with E-state index in [0.29, 0.717) is 35.0 Å². The number of nitrogens with zero attached hydrogens (tertiary/aromatic N) is 7. The summed E-state index contributed by atoms with van der Waals surface area (Å²) in [6.07, 6.45) is 3.87. The third-order valence-corrected chi connectivity index (χ3v) is 6.37. The van der Waals surface area contributed by atoms with E-state index in [1.165, 1.54) is 23.8 Å². The van der Waals surface area contributed by atoms with E-state index in [4.69, 9.17) is 21.2 Å². The van der Waals surface area contributed by atoms with E-state index in [1.807, 2.05) is 20.0 Å². The fourth-order valence-corrected chi connectivity index (χ4v) is 4.63. The van der Waals surface area contributed by atoms with Gasteiger partial charge in [-0.2, -0.15) is 9.62 Å². The summed E-state index contributed by atoms with van der Waals surface area (Å²) in [5.74, 6) is 0.539. The molecule has 10 nitrogen and oxygen atoms in total. The van der Waals surface area contributed by atoms with Crippen LogP contribution in [0.5, 0.6) is 5.75 Å². The predicted molar refractivity (Wildman–Crippen MR) is 136 cm³/mol. The summed E-state index contributed by atoms with van der Waals surface area (Å²) >= 11 is 0. The Morgan fingerprint density at radius 1 is 1.37 bits per heavy atom. The third kappa shape index (κ3) is 5.00. The third-order valence-electron chi connectivity index (χ3n) is 6.37. The van der Waals surface area contributed by atoms with Gasteiger partial charge in [-0.3, -0.25) is 5.01 Å². The molecule has 0 spiro atoms. The highest BCUT2D eigenvalue weighted by Gasteiger charge is 2.30. The number of hydrogen-bond donors (Lipinski definition) is 2. The first kappa shape index (κ1) is 24.6. The Bertz CT molecular complexity index is 1280. The van der Waals surface area contributed by atoms with Crippen molar-refractivity contribution >= 4 is 29.2 Å². The molecule has 2 unspecified atom stereocenters. The molecule has 1 aliphatic heterocycles. The SMILES string of the molecule is C=NN(/C=C(\C)N1CC(c2nc3c4cc(F)c(OC)cc4nc(N)n3n2)CCC1C)CC(C)(C)N. The van der Waals surface area contributed by atoms with Gasteiger partial charge >= 0.3 is 0 Å². The fourth-order valence-electron chi connectivity index (χ4n) is 4.63. The Morgan fingerprint density at radius 2 is 2.11 bits per heavy atom. The number of halogens is 1. The van der Waals surface area contributed by atoms with Crippen molar-refractivity contribution in [2.75, 3.05) is 25.9 Å². The monoisotopic (exact) mass is 483 g/mol. The number of hydrogen-bond acceptors (Lipinski definition) is 9. The van der Waals surface area contributed by atoms with E-state index in [1.54, 1.807) is 5.01 Å². The van der Waals surface area contributed by atoms with E-state index in [2.05, 4.69) is 40.6 Å². The Hall–Kier alpha value is -3.47. The number of likely N-dealkylation sites (tertiary alicyclic amines) is 1. The van der Waals surface area contributed by atoms with Crippen molar-refractivity contribution < 1.29 is 9.13 Å². The summed E-state index contributed by atoms with van der Waals surface area (Å²) in [4.78, 5) is 11.5. The maximum absolute atomic E-state index is 14.5. The molecule has 0 bridgehead atoms. The average Bonchev–Trinajstić information content (AvgIpc) is 3.24. The molecule has 2 atom stereocenters. The van der Waals surface area contributed by atoms with Gasteiger partial charge in [0.1, 0.15) is 0 Å². The second kappa shape index (κ2) is 9.29. The Labute approximate surface area is 204 Å². The molecule has 0 amide bonds. The van der Waals surface area contributed by atoms with E-state index in [9.17, 15) is 4.39 Å². The number of nitrogen functional groups attached to an aromatic ring is 1. The highest BCUT2D eigenvalue weighted by atomic mass is 19.1. The quantitative estimate of drug-likeness (QED) is 0.388. The number of ether oxygens (including phenoxy) is 1. The van der Waals surface area contributed by atoms with Gasteiger partial charge < -0.3 is 21.1 Å². The standard InChI is InChI=1S/C24H34FN9O/c1-14-7-8-16(12-33(14)15(2)11-32(28-5)13-24(3,4)27)21-30-22-17-9-18(25)20(35-6)10-19(17)29-23(26)34(22)31-21/h9-11,14,16H,5,7-8,12-13,27H2,1-4,6H3,(H2,26,29)/b15-11+. The van der Waals surface area contributed by atoms with Crippen LogP contribution < -0.4 is 16.2 Å². The Morgan fingerprint density at radius 3 is 2.77 bits per heavy atom. The number of piperidine rings is 1. The van der Waals surface area contributed by atoms with Gasteiger partial charge in [0, 0.05) is 54.1 Å². The number of benzene rings is 1. The van der Waals surface area contributed by atoms with E-state index >= 15 is 0 Å². The minimum Gasteiger partial charge on any atom is -0.494 e. The minimum absolute atomic E-state index is 0.0723. The Balaban J connectivity index is 1.66. The number of allylic oxidation sites excluding steroid dienone is 1. The molecule has 1 aliphatic rings. The molecule has 188 valence electrons. The number of anilines is 1. The molecule has 2 aromatic heterocycles. The molecule has 4 rings (SSSR count). The lowest BCUT2D eigenvalue weighted by atomic mass is 9.92. The van der Waals surface area contributed by atoms with Crippen LogP contribution in [0.15, 0.2) is 29.1 Å². The van der Waals surface area contributed by atoms with Crippen molar-refractivity contribution in [3.63, 3.8) is 0 Å². The normalized spacial score (nSPS) is 19.4. The van der Waals surface area contributed by atoms with Crippen LogP contribution in [0.3, 0.4) is 0 Å². The van der Waals surface area contributed by atoms with Crippen molar-refractivity contribution in [2.24, 2.45) is 10.8 Å². The summed E-state index contributed by atoms with van der Waals surface area (Å²) in [7, 11) is 1.41. The maximum Gasteiger partial charge on any atom is 0.223 e. The molecule has 1 fully saturated rings. The first-order valence-corrected chi connectivity index (χ1v) is 11.7. The van der Waals surface area contributed by atoms with Crippen molar-refractivity contribution in [3.8, 4) is 5.75 Å². The van der Waals surface area contributed by atoms with Crippen molar-refractivity contribution in [1.82, 2.24) is 29.5 Å². The highest BCUT2D eigenvalue weighted by molar-refractivity contribution is 5.93. The lowest BCUT2D eigenvalue weighted by Crippen LogP contribution is -2.43. The molecular formula is C24H34FN9O. The number of aromatic nitrogens is 4. The van der Waals surface area contributed by atoms with Crippen molar-refractivity contribution in [3.05, 3.63) is 35.7 Å². The maximum atomic E-state index is 14.5. The van der Waals surface area contributed by atoms with Gasteiger partial charge in [-0.1, -0.05) is 0 Å². The Kier molecular flexibility index (Phi) is 6.54. The fraction of sp³-hybridized carbons (Fsp3) is 0.500. The van der Waals surface area contributed by atoms with Gasteiger partial charge in [0.25, 0.3) is 0 Å². The molecule has 11 heteroatoms. The molecule has 4 N–H and O–H groups in total. The summed E-state index contributed by atoms with van der Waals surface area (Å²) in [6.45, 7) is 13.1. The molecule has 3 aromatic rings. The summed E-state index contributed by atoms with van der Waals surface area (Å²) in [5.41, 5.74) is 14.0. The van der Waals surface area contributed by atoms with Gasteiger partial charge in [0.2, 0.25) is 5.95 Å². The van der Waals surface area contributed by atoms with Crippen LogP contribution in [0.25, 0.3) is 16.6 Å². The second-order valence-electron chi connectivity index (χ2n) is 9.95. The lowest BCUT2D eigenvalue weighted by molar-refractivity contribution is 0.179. The number of hydrazone groups is 1. The van der Waals surface area contributed by atoms with Gasteiger partial charge in [-0.05, 0) is 46.6 Å². The summed E-state index contributed by atoms with van der Waals surface area (Å²) < 4.78 is 21.0. The predicted octanol–water partition coefficient (Wildman–Crippen LogP) is 3.09. The largest absolute Gasteiger partial charge is 0.494 e. The zero-order chi connectivity index (χ0) is 25.5. The molecule has 0 aliphatic carbocycles. The van der Waals surface area contributed by atoms with Crippen LogP contribution in [-0.2, 0) is 0 Å². The van der Waals surface area contributed by atoms with E-state index in [-0.39, 0.29) is 17.6 Å². The molecule has 1 aromatic carbocycles. The second-order valence-corrected chi connectivity index (χ2v) is 9.95. The van der Waals surface area contributed by atoms with Crippen LogP contribution >= 0.6 is 0 Å². The number of fused-ring (bicyclic) bond motifs is 3. The van der Waals surface area contributed by atoms with Crippen LogP contribution in [0, 0.1) is 5.82 Å². The van der Waals surface area contributed by atoms with Gasteiger partial charge in [0.15, 0.2) is 23.0 Å². The van der Waals surface area contributed by atoms with Crippen LogP contribution in [0.4, 0.5) is 10.3 Å². The highest BCUT2D eigenvalue weighted by Crippen LogP contribution is 2.33. The molecule has 1 saturated heterocycles. The molecule has 0 saturated carbocycles. The molecular weight excluding hydrogens is 449 g/mol. The summed E-state index contributed by atoms with van der Waals surface area (Å²) in [6, 6.07) is 3.23. The van der Waals surface area contributed by atoms with Gasteiger partial charge in [-0.25, -0.2) is 14.4 Å². The van der Waals surface area contributed by atoms with E-state index < -0.39 is 11.4 Å². The molecule has 3 heterocycles. The first-order valence-electron chi connectivity index (χ1n) is 11.7. The number of nitrogens with two attached hydrogens (primary N) is 2. The smallest absolute Gasteiger partial charge is 0.223 e. The minimum atomic E-state index is -0.488. The topological polar surface area (TPSA) is 123 Å². The van der Waals surface area contributed by atoms with Crippen LogP contribution in [-0.4, -0.2) is 68.0 Å². The zero-order valence-corrected chi connectivity index (χ0v) is 21.0. The van der Waals surface area contributed by atoms with Crippen molar-refractivity contribution in [2.45, 2.75) is 58.0 Å². The zero-order valence-electron chi connectivity index (χ0n) is 21.0. The first-order chi connectivity index (χ1) is 16.5. The van der Waals surface area contributed by atoms with Crippen LogP contribution in [0.1, 0.15) is 52.3 Å². The molecule has 0 radical (unpaired) electrons. The van der Waals surface area contributed by atoms with Gasteiger partial charge in [0.05, 0.1) is 19.2 Å². The lowest BCUT2D eigenvalue weighted by Gasteiger charge is -2.40. The number of rotatable bonds is 7. The summed E-state index contributed by atoms with van der Waals surface area (Å²) in [5, 5.41) is 11.1. The van der Waals surface area contributed by atoms with Crippen LogP contribution in [0.2, 0.25) is 0 Å². The number of methoxy groups -OCH3 is 1. The van der Waals surface area contributed by atoms with E-state index in [0.717, 1.165) is 25.1 Å². The molecule has 35 heavy (non-hydrogen) atoms. The van der Waals surface area contributed by atoms with Crippen molar-refractivity contribution in [1.29, 1.82) is 0 Å².